The van der Waals surface area contributed by atoms with Gasteiger partial charge in [0.1, 0.15) is 0 Å². The summed E-state index contributed by atoms with van der Waals surface area (Å²) in [5.41, 5.74) is 0. The van der Waals surface area contributed by atoms with Gasteiger partial charge in [-0.05, 0) is 0 Å². The van der Waals surface area contributed by atoms with Crippen LogP contribution < -0.4 is 0 Å². The Morgan fingerprint density at radius 2 is 2.38 bits per heavy atom. The van der Waals surface area contributed by atoms with Crippen LogP contribution in [0.1, 0.15) is 0 Å². The van der Waals surface area contributed by atoms with Crippen LogP contribution in [-0.4, -0.2) is 10.2 Å². The number of halogens is 1. The molecular weight excluding hydrogens is 170 g/mol. The molecule has 0 saturated carbocycles. The summed E-state index contributed by atoms with van der Waals surface area (Å²) in [6, 6.07) is 3.23. The molecular formula is C4H2ClCoN2-. The second-order valence-corrected chi connectivity index (χ2v) is 1.37. The van der Waals surface area contributed by atoms with Crippen LogP contribution in [0.3, 0.4) is 0 Å². The molecule has 0 N–H and O–H groups in total. The van der Waals surface area contributed by atoms with Gasteiger partial charge in [-0.3, -0.25) is 5.10 Å². The molecule has 0 amide bonds. The number of hydrogen-bond donors (Lipinski definition) is 0. The Morgan fingerprint density at radius 3 is 2.62 bits per heavy atom. The Morgan fingerprint density at radius 1 is 1.62 bits per heavy atom. The van der Waals surface area contributed by atoms with Gasteiger partial charge in [0.05, 0.1) is 5.15 Å². The summed E-state index contributed by atoms with van der Waals surface area (Å²) in [6.45, 7) is 0. The van der Waals surface area contributed by atoms with Crippen LogP contribution in [0.25, 0.3) is 0 Å². The predicted octanol–water partition coefficient (Wildman–Crippen LogP) is 0.928. The minimum absolute atomic E-state index is 0. The van der Waals surface area contributed by atoms with E-state index in [0.717, 1.165) is 0 Å². The van der Waals surface area contributed by atoms with Crippen LogP contribution in [-0.2, 0) is 16.8 Å². The molecule has 45 valence electrons. The second kappa shape index (κ2) is 3.83. The van der Waals surface area contributed by atoms with Crippen molar-refractivity contribution in [2.24, 2.45) is 0 Å². The molecule has 1 heterocycles. The third-order valence-electron chi connectivity index (χ3n) is 0.499. The molecule has 8 heavy (non-hydrogen) atoms. The average molecular weight is 172 g/mol. The van der Waals surface area contributed by atoms with Gasteiger partial charge < -0.3 is 0 Å². The van der Waals surface area contributed by atoms with Crippen molar-refractivity contribution < 1.29 is 16.8 Å². The Bertz CT molecular complexity index is 144. The van der Waals surface area contributed by atoms with Gasteiger partial charge in [-0.2, -0.15) is 11.2 Å². The molecule has 0 unspecified atom stereocenters. The SMILES string of the molecule is Clc1cc[c-]nn1.[Co]. The van der Waals surface area contributed by atoms with Crippen LogP contribution >= 0.6 is 11.6 Å². The maximum absolute atomic E-state index is 5.35. The first-order chi connectivity index (χ1) is 3.39. The average Bonchev–Trinajstić information content (AvgIpc) is 1.69. The zero-order valence-electron chi connectivity index (χ0n) is 3.76. The summed E-state index contributed by atoms with van der Waals surface area (Å²) in [4.78, 5) is 0. The van der Waals surface area contributed by atoms with Crippen LogP contribution in [0.15, 0.2) is 12.1 Å². The molecule has 0 spiro atoms. The van der Waals surface area contributed by atoms with Gasteiger partial charge in [-0.25, -0.2) is 6.07 Å². The number of rotatable bonds is 0. The maximum atomic E-state index is 5.35. The van der Waals surface area contributed by atoms with Crippen molar-refractivity contribution in [3.8, 4) is 0 Å². The summed E-state index contributed by atoms with van der Waals surface area (Å²) in [5.74, 6) is 0. The first-order valence-electron chi connectivity index (χ1n) is 1.75. The van der Waals surface area contributed by atoms with Gasteiger partial charge in [-0.15, -0.1) is 6.20 Å². The van der Waals surface area contributed by atoms with Crippen LogP contribution in [0.4, 0.5) is 0 Å². The monoisotopic (exact) mass is 172 g/mol. The molecule has 0 aromatic carbocycles. The summed E-state index contributed by atoms with van der Waals surface area (Å²) in [6.07, 6.45) is 2.49. The van der Waals surface area contributed by atoms with Gasteiger partial charge in [0.2, 0.25) is 0 Å². The van der Waals surface area contributed by atoms with Crippen molar-refractivity contribution in [1.82, 2.24) is 10.2 Å². The number of nitrogens with zero attached hydrogens (tertiary/aromatic N) is 2. The molecule has 0 saturated heterocycles. The molecule has 4 heteroatoms. The molecule has 1 radical (unpaired) electrons. The molecule has 1 aromatic heterocycles. The van der Waals surface area contributed by atoms with E-state index in [1.165, 1.54) is 0 Å². The fourth-order valence-corrected chi connectivity index (χ4v) is 0.350. The van der Waals surface area contributed by atoms with Crippen LogP contribution in [0.5, 0.6) is 0 Å². The van der Waals surface area contributed by atoms with E-state index in [9.17, 15) is 0 Å². The van der Waals surface area contributed by atoms with Crippen molar-refractivity contribution in [3.05, 3.63) is 23.5 Å². The van der Waals surface area contributed by atoms with Crippen molar-refractivity contribution in [2.45, 2.75) is 0 Å². The molecule has 1 rings (SSSR count). The smallest absolute Gasteiger partial charge is 0.0700 e. The Kier molecular flexibility index (Phi) is 3.77. The largest absolute Gasteiger partial charge is 0.266 e. The van der Waals surface area contributed by atoms with Gasteiger partial charge in [0.25, 0.3) is 0 Å². The van der Waals surface area contributed by atoms with Crippen molar-refractivity contribution >= 4 is 11.6 Å². The topological polar surface area (TPSA) is 25.8 Å². The standard InChI is InChI=1S/C4H2ClN2.Co/c5-4-2-1-3-6-7-4;/h1-2H;/q-1;. The third kappa shape index (κ3) is 2.25. The van der Waals surface area contributed by atoms with Crippen LogP contribution in [0, 0.1) is 6.20 Å². The normalized spacial score (nSPS) is 7.62. The number of aromatic nitrogens is 2. The summed E-state index contributed by atoms with van der Waals surface area (Å²) < 4.78 is 0. The maximum Gasteiger partial charge on any atom is 0.0700 e. The van der Waals surface area contributed by atoms with E-state index in [2.05, 4.69) is 16.4 Å². The third-order valence-corrected chi connectivity index (χ3v) is 0.700. The number of hydrogen-bond acceptors (Lipinski definition) is 2. The summed E-state index contributed by atoms with van der Waals surface area (Å²) >= 11 is 5.35. The Hall–Kier alpha value is -0.124. The van der Waals surface area contributed by atoms with Crippen LogP contribution in [0.2, 0.25) is 5.15 Å². The fraction of sp³-hybridized carbons (Fsp3) is 0. The minimum Gasteiger partial charge on any atom is -0.266 e. The van der Waals surface area contributed by atoms with E-state index in [1.54, 1.807) is 12.1 Å². The first kappa shape index (κ1) is 7.88. The van der Waals surface area contributed by atoms with Gasteiger partial charge in [-0.1, -0.05) is 11.6 Å². The van der Waals surface area contributed by atoms with Crippen molar-refractivity contribution in [3.63, 3.8) is 0 Å². The molecule has 0 aliphatic rings. The van der Waals surface area contributed by atoms with Gasteiger partial charge >= 0.3 is 0 Å². The minimum atomic E-state index is 0. The summed E-state index contributed by atoms with van der Waals surface area (Å²) in [5, 5.41) is 7.22. The Labute approximate surface area is 62.5 Å². The summed E-state index contributed by atoms with van der Waals surface area (Å²) in [7, 11) is 0. The molecule has 0 atom stereocenters. The van der Waals surface area contributed by atoms with E-state index < -0.39 is 0 Å². The molecule has 1 aromatic rings. The zero-order chi connectivity index (χ0) is 5.11. The second-order valence-electron chi connectivity index (χ2n) is 0.985. The molecule has 0 bridgehead atoms. The van der Waals surface area contributed by atoms with Gasteiger partial charge in [0, 0.05) is 16.8 Å². The zero-order valence-corrected chi connectivity index (χ0v) is 5.56. The van der Waals surface area contributed by atoms with Crippen molar-refractivity contribution in [1.29, 1.82) is 0 Å². The molecule has 0 aliphatic carbocycles. The first-order valence-corrected chi connectivity index (χ1v) is 2.12. The van der Waals surface area contributed by atoms with E-state index in [-0.39, 0.29) is 16.8 Å². The van der Waals surface area contributed by atoms with E-state index in [4.69, 9.17) is 11.6 Å². The van der Waals surface area contributed by atoms with Crippen molar-refractivity contribution in [2.75, 3.05) is 0 Å². The van der Waals surface area contributed by atoms with E-state index >= 15 is 0 Å². The molecule has 0 aliphatic heterocycles. The fourth-order valence-electron chi connectivity index (χ4n) is 0.249. The predicted molar refractivity (Wildman–Crippen MR) is 25.9 cm³/mol. The Balaban J connectivity index is 0.000000490. The molecule has 0 fully saturated rings. The quantitative estimate of drug-likeness (QED) is 0.544. The van der Waals surface area contributed by atoms with Gasteiger partial charge in [0.15, 0.2) is 0 Å². The van der Waals surface area contributed by atoms with E-state index in [1.807, 2.05) is 0 Å². The molecule has 2 nitrogen and oxygen atoms in total. The van der Waals surface area contributed by atoms with E-state index in [0.29, 0.717) is 5.15 Å².